The van der Waals surface area contributed by atoms with Gasteiger partial charge in [0.05, 0.1) is 6.42 Å². The lowest BCUT2D eigenvalue weighted by Gasteiger charge is -2.47. The number of primary amides is 1. The molecule has 0 radical (unpaired) electrons. The molecule has 1 aromatic rings. The van der Waals surface area contributed by atoms with E-state index in [4.69, 9.17) is 5.73 Å². The molecule has 1 saturated carbocycles. The highest BCUT2D eigenvalue weighted by Gasteiger charge is 2.41. The van der Waals surface area contributed by atoms with Crippen molar-refractivity contribution in [2.24, 2.45) is 5.73 Å². The van der Waals surface area contributed by atoms with Crippen LogP contribution in [0.1, 0.15) is 73.8 Å². The summed E-state index contributed by atoms with van der Waals surface area (Å²) in [5, 5.41) is 0. The fourth-order valence-electron chi connectivity index (χ4n) is 4.34. The van der Waals surface area contributed by atoms with Crippen molar-refractivity contribution in [1.29, 1.82) is 0 Å². The maximum Gasteiger partial charge on any atom is 0.267 e. The van der Waals surface area contributed by atoms with E-state index in [1.165, 1.54) is 32.1 Å². The SMILES string of the molecule is NC(=O)c1ccc(CC(=O)N2CCCCC23CCCCCC3)cn1. The highest BCUT2D eigenvalue weighted by Crippen LogP contribution is 2.39. The molecule has 5 nitrogen and oxygen atoms in total. The molecule has 2 N–H and O–H groups in total. The molecule has 2 amide bonds. The van der Waals surface area contributed by atoms with E-state index in [-0.39, 0.29) is 17.1 Å². The third-order valence-electron chi connectivity index (χ3n) is 5.61. The predicted molar refractivity (Wildman–Crippen MR) is 92.5 cm³/mol. The zero-order valence-corrected chi connectivity index (χ0v) is 14.3. The Kier molecular flexibility index (Phi) is 5.17. The van der Waals surface area contributed by atoms with Crippen molar-refractivity contribution in [3.63, 3.8) is 0 Å². The number of aromatic nitrogens is 1. The van der Waals surface area contributed by atoms with Gasteiger partial charge in [0.25, 0.3) is 5.91 Å². The average molecular weight is 329 g/mol. The van der Waals surface area contributed by atoms with Crippen LogP contribution in [0.25, 0.3) is 0 Å². The van der Waals surface area contributed by atoms with Crippen LogP contribution < -0.4 is 5.73 Å². The fourth-order valence-corrected chi connectivity index (χ4v) is 4.34. The number of amides is 2. The Morgan fingerprint density at radius 1 is 1.04 bits per heavy atom. The van der Waals surface area contributed by atoms with Gasteiger partial charge >= 0.3 is 0 Å². The number of carbonyl (C=O) groups is 2. The minimum absolute atomic E-state index is 0.0897. The van der Waals surface area contributed by atoms with Crippen molar-refractivity contribution < 1.29 is 9.59 Å². The summed E-state index contributed by atoms with van der Waals surface area (Å²) in [6.45, 7) is 0.881. The molecule has 0 aromatic carbocycles. The number of hydrogen-bond donors (Lipinski definition) is 1. The molecule has 2 heterocycles. The van der Waals surface area contributed by atoms with E-state index >= 15 is 0 Å². The second-order valence-electron chi connectivity index (χ2n) is 7.23. The minimum atomic E-state index is -0.540. The second kappa shape index (κ2) is 7.32. The van der Waals surface area contributed by atoms with Crippen LogP contribution in [0, 0.1) is 0 Å². The van der Waals surface area contributed by atoms with Gasteiger partial charge in [-0.25, -0.2) is 0 Å². The van der Waals surface area contributed by atoms with Gasteiger partial charge in [0, 0.05) is 18.3 Å². The van der Waals surface area contributed by atoms with E-state index in [0.29, 0.717) is 6.42 Å². The van der Waals surface area contributed by atoms with Gasteiger partial charge in [-0.2, -0.15) is 0 Å². The number of rotatable bonds is 3. The molecule has 1 aliphatic heterocycles. The quantitative estimate of drug-likeness (QED) is 0.926. The Labute approximate surface area is 143 Å². The van der Waals surface area contributed by atoms with Crippen molar-refractivity contribution in [3.05, 3.63) is 29.6 Å². The van der Waals surface area contributed by atoms with Crippen molar-refractivity contribution in [1.82, 2.24) is 9.88 Å². The zero-order valence-electron chi connectivity index (χ0n) is 14.3. The summed E-state index contributed by atoms with van der Waals surface area (Å²) < 4.78 is 0. The van der Waals surface area contributed by atoms with Gasteiger partial charge in [-0.15, -0.1) is 0 Å². The van der Waals surface area contributed by atoms with E-state index in [1.807, 2.05) is 0 Å². The normalized spacial score (nSPS) is 20.6. The van der Waals surface area contributed by atoms with Crippen LogP contribution in [0.5, 0.6) is 0 Å². The van der Waals surface area contributed by atoms with Crippen LogP contribution >= 0.6 is 0 Å². The monoisotopic (exact) mass is 329 g/mol. The van der Waals surface area contributed by atoms with Crippen molar-refractivity contribution in [3.8, 4) is 0 Å². The van der Waals surface area contributed by atoms with Gasteiger partial charge in [-0.1, -0.05) is 31.7 Å². The molecule has 130 valence electrons. The van der Waals surface area contributed by atoms with Crippen LogP contribution in [0.15, 0.2) is 18.3 Å². The van der Waals surface area contributed by atoms with Crippen molar-refractivity contribution in [2.45, 2.75) is 69.7 Å². The molecule has 24 heavy (non-hydrogen) atoms. The first-order valence-corrected chi connectivity index (χ1v) is 9.16. The minimum Gasteiger partial charge on any atom is -0.364 e. The first-order chi connectivity index (χ1) is 11.6. The van der Waals surface area contributed by atoms with Crippen molar-refractivity contribution >= 4 is 11.8 Å². The summed E-state index contributed by atoms with van der Waals surface area (Å²) in [5.74, 6) is -0.341. The van der Waals surface area contributed by atoms with Gasteiger partial charge in [0.15, 0.2) is 0 Å². The van der Waals surface area contributed by atoms with Crippen LogP contribution in [0.3, 0.4) is 0 Å². The summed E-state index contributed by atoms with van der Waals surface area (Å²) in [4.78, 5) is 30.3. The Balaban J connectivity index is 1.73. The fraction of sp³-hybridized carbons (Fsp3) is 0.632. The Bertz CT molecular complexity index is 589. The zero-order chi connectivity index (χ0) is 17.0. The van der Waals surface area contributed by atoms with E-state index in [2.05, 4.69) is 9.88 Å². The predicted octanol–water partition coefficient (Wildman–Crippen LogP) is 2.83. The third kappa shape index (κ3) is 3.60. The topological polar surface area (TPSA) is 76.3 Å². The molecule has 2 fully saturated rings. The third-order valence-corrected chi connectivity index (χ3v) is 5.61. The summed E-state index contributed by atoms with van der Waals surface area (Å²) >= 11 is 0. The first-order valence-electron chi connectivity index (χ1n) is 9.16. The molecule has 2 aliphatic rings. The molecule has 3 rings (SSSR count). The van der Waals surface area contributed by atoms with Crippen LogP contribution in [0.4, 0.5) is 0 Å². The maximum absolute atomic E-state index is 13.0. The van der Waals surface area contributed by atoms with Crippen molar-refractivity contribution in [2.75, 3.05) is 6.54 Å². The number of hydrogen-bond acceptors (Lipinski definition) is 3. The largest absolute Gasteiger partial charge is 0.364 e. The molecule has 0 bridgehead atoms. The lowest BCUT2D eigenvalue weighted by Crippen LogP contribution is -2.54. The number of carbonyl (C=O) groups excluding carboxylic acids is 2. The maximum atomic E-state index is 13.0. The van der Waals surface area contributed by atoms with Gasteiger partial charge in [0.1, 0.15) is 5.69 Å². The first kappa shape index (κ1) is 16.9. The second-order valence-corrected chi connectivity index (χ2v) is 7.23. The molecular weight excluding hydrogens is 302 g/mol. The standard InChI is InChI=1S/C19H27N3O2/c20-18(24)16-8-7-15(14-21-16)13-17(23)22-12-6-5-11-19(22)9-3-1-2-4-10-19/h7-8,14H,1-6,9-13H2,(H2,20,24). The smallest absolute Gasteiger partial charge is 0.267 e. The van der Waals surface area contributed by atoms with Gasteiger partial charge < -0.3 is 10.6 Å². The number of nitrogens with zero attached hydrogens (tertiary/aromatic N) is 2. The van der Waals surface area contributed by atoms with Crippen LogP contribution in [0.2, 0.25) is 0 Å². The Morgan fingerprint density at radius 3 is 2.29 bits per heavy atom. The lowest BCUT2D eigenvalue weighted by molar-refractivity contribution is -0.140. The van der Waals surface area contributed by atoms with Gasteiger partial charge in [0.2, 0.25) is 5.91 Å². The van der Waals surface area contributed by atoms with Gasteiger partial charge in [-0.05, 0) is 43.7 Å². The van der Waals surface area contributed by atoms with E-state index in [9.17, 15) is 9.59 Å². The summed E-state index contributed by atoms with van der Waals surface area (Å²) in [6, 6.07) is 3.39. The average Bonchev–Trinajstić information content (AvgIpc) is 2.81. The highest BCUT2D eigenvalue weighted by atomic mass is 16.2. The number of pyridine rings is 1. The summed E-state index contributed by atoms with van der Waals surface area (Å²) in [7, 11) is 0. The van der Waals surface area contributed by atoms with E-state index < -0.39 is 5.91 Å². The molecule has 5 heteroatoms. The Hall–Kier alpha value is -1.91. The molecule has 1 spiro atoms. The molecule has 0 atom stereocenters. The lowest BCUT2D eigenvalue weighted by atomic mass is 9.80. The molecular formula is C19H27N3O2. The number of nitrogens with two attached hydrogens (primary N) is 1. The van der Waals surface area contributed by atoms with Crippen LogP contribution in [-0.2, 0) is 11.2 Å². The molecule has 1 aromatic heterocycles. The molecule has 0 unspecified atom stereocenters. The number of piperidine rings is 1. The summed E-state index contributed by atoms with van der Waals surface area (Å²) in [5.41, 5.74) is 6.39. The molecule has 1 aliphatic carbocycles. The number of likely N-dealkylation sites (tertiary alicyclic amines) is 1. The van der Waals surface area contributed by atoms with E-state index in [0.717, 1.165) is 37.8 Å². The Morgan fingerprint density at radius 2 is 1.71 bits per heavy atom. The molecule has 1 saturated heterocycles. The summed E-state index contributed by atoms with van der Waals surface area (Å²) in [6.07, 6.45) is 12.8. The van der Waals surface area contributed by atoms with Crippen LogP contribution in [-0.4, -0.2) is 33.8 Å². The highest BCUT2D eigenvalue weighted by molar-refractivity contribution is 5.90. The van der Waals surface area contributed by atoms with Gasteiger partial charge in [-0.3, -0.25) is 14.6 Å². The van der Waals surface area contributed by atoms with E-state index in [1.54, 1.807) is 18.3 Å².